The minimum absolute atomic E-state index is 0.259. The molecule has 0 amide bonds. The van der Waals surface area contributed by atoms with Crippen LogP contribution >= 0.6 is 15.9 Å². The number of aliphatic carboxylic acids is 1. The fourth-order valence-corrected chi connectivity index (χ4v) is 1.13. The first-order valence-corrected chi connectivity index (χ1v) is 6.46. The van der Waals surface area contributed by atoms with Crippen LogP contribution in [-0.2, 0) is 14.3 Å². The van der Waals surface area contributed by atoms with Crippen molar-refractivity contribution in [1.82, 2.24) is 0 Å². The molecule has 4 nitrogen and oxygen atoms in total. The van der Waals surface area contributed by atoms with Crippen LogP contribution in [0.3, 0.4) is 0 Å². The second kappa shape index (κ2) is 11.6. The standard InChI is InChI=1S/C12H17BrO4/c1-2-16-9-10-17-8-6-11(12(14)15)5-3-4-7-13/h5H,2,6-10H2,1H3,(H,14,15)/b11-5+. The van der Waals surface area contributed by atoms with E-state index >= 15 is 0 Å². The zero-order chi connectivity index (χ0) is 12.9. The molecular formula is C12H17BrO4. The van der Waals surface area contributed by atoms with Gasteiger partial charge in [0.2, 0.25) is 0 Å². The largest absolute Gasteiger partial charge is 0.478 e. The molecule has 0 saturated carbocycles. The number of carbonyl (C=O) groups is 1. The Bertz CT molecular complexity index is 301. The maximum Gasteiger partial charge on any atom is 0.332 e. The highest BCUT2D eigenvalue weighted by molar-refractivity contribution is 9.09. The lowest BCUT2D eigenvalue weighted by Crippen LogP contribution is -2.08. The molecule has 0 bridgehead atoms. The van der Waals surface area contributed by atoms with E-state index in [1.165, 1.54) is 6.08 Å². The molecule has 0 aliphatic rings. The predicted molar refractivity (Wildman–Crippen MR) is 69.2 cm³/mol. The fourth-order valence-electron chi connectivity index (χ4n) is 0.964. The van der Waals surface area contributed by atoms with Crippen molar-refractivity contribution in [3.63, 3.8) is 0 Å². The summed E-state index contributed by atoms with van der Waals surface area (Å²) >= 11 is 3.14. The maximum absolute atomic E-state index is 10.8. The fraction of sp³-hybridized carbons (Fsp3) is 0.583. The molecule has 0 rings (SSSR count). The van der Waals surface area contributed by atoms with Gasteiger partial charge in [0.05, 0.1) is 25.2 Å². The quantitative estimate of drug-likeness (QED) is 0.322. The van der Waals surface area contributed by atoms with E-state index in [9.17, 15) is 4.79 Å². The van der Waals surface area contributed by atoms with Crippen LogP contribution in [0.2, 0.25) is 0 Å². The van der Waals surface area contributed by atoms with Crippen LogP contribution in [0.15, 0.2) is 11.6 Å². The molecule has 0 fully saturated rings. The van der Waals surface area contributed by atoms with Gasteiger partial charge in [0.1, 0.15) is 0 Å². The average molecular weight is 305 g/mol. The highest BCUT2D eigenvalue weighted by Gasteiger charge is 2.05. The van der Waals surface area contributed by atoms with Gasteiger partial charge in [-0.3, -0.25) is 0 Å². The van der Waals surface area contributed by atoms with Crippen LogP contribution in [0.4, 0.5) is 0 Å². The molecule has 0 aromatic carbocycles. The summed E-state index contributed by atoms with van der Waals surface area (Å²) in [6.45, 7) is 3.95. The van der Waals surface area contributed by atoms with Crippen molar-refractivity contribution in [2.24, 2.45) is 0 Å². The maximum atomic E-state index is 10.8. The first-order valence-electron chi connectivity index (χ1n) is 5.34. The average Bonchev–Trinajstić information content (AvgIpc) is 2.31. The highest BCUT2D eigenvalue weighted by atomic mass is 79.9. The number of alkyl halides is 1. The van der Waals surface area contributed by atoms with Crippen LogP contribution < -0.4 is 0 Å². The summed E-state index contributed by atoms with van der Waals surface area (Å²) in [7, 11) is 0. The Hall–Kier alpha value is -0.830. The van der Waals surface area contributed by atoms with E-state index in [1.807, 2.05) is 6.92 Å². The van der Waals surface area contributed by atoms with E-state index in [0.717, 1.165) is 0 Å². The zero-order valence-corrected chi connectivity index (χ0v) is 11.5. The molecule has 0 radical (unpaired) electrons. The van der Waals surface area contributed by atoms with Gasteiger partial charge in [-0.25, -0.2) is 4.79 Å². The number of hydrogen-bond acceptors (Lipinski definition) is 3. The van der Waals surface area contributed by atoms with Gasteiger partial charge < -0.3 is 14.6 Å². The van der Waals surface area contributed by atoms with Gasteiger partial charge in [-0.1, -0.05) is 27.8 Å². The van der Waals surface area contributed by atoms with Gasteiger partial charge >= 0.3 is 5.97 Å². The van der Waals surface area contributed by atoms with Gasteiger partial charge in [-0.05, 0) is 13.0 Å². The Morgan fingerprint density at radius 3 is 2.65 bits per heavy atom. The Balaban J connectivity index is 3.86. The van der Waals surface area contributed by atoms with Gasteiger partial charge in [-0.2, -0.15) is 0 Å². The SMILES string of the molecule is CCOCCOCC/C(=C\C#CCBr)C(=O)O. The lowest BCUT2D eigenvalue weighted by Gasteiger charge is -2.04. The molecule has 0 aromatic rings. The minimum atomic E-state index is -0.956. The van der Waals surface area contributed by atoms with E-state index in [-0.39, 0.29) is 5.57 Å². The van der Waals surface area contributed by atoms with E-state index in [2.05, 4.69) is 27.8 Å². The van der Waals surface area contributed by atoms with Crippen molar-refractivity contribution in [2.45, 2.75) is 13.3 Å². The minimum Gasteiger partial charge on any atom is -0.478 e. The molecular weight excluding hydrogens is 288 g/mol. The summed E-state index contributed by atoms with van der Waals surface area (Å²) in [5.41, 5.74) is 0.259. The van der Waals surface area contributed by atoms with Crippen molar-refractivity contribution in [3.05, 3.63) is 11.6 Å². The van der Waals surface area contributed by atoms with E-state index in [4.69, 9.17) is 14.6 Å². The molecule has 1 N–H and O–H groups in total. The number of allylic oxidation sites excluding steroid dienone is 1. The predicted octanol–water partition coefficient (Wildman–Crippen LogP) is 1.84. The molecule has 0 saturated heterocycles. The van der Waals surface area contributed by atoms with Crippen LogP contribution in [0.1, 0.15) is 13.3 Å². The summed E-state index contributed by atoms with van der Waals surface area (Å²) in [5.74, 6) is 4.42. The van der Waals surface area contributed by atoms with Crippen molar-refractivity contribution in [2.75, 3.05) is 31.8 Å². The third-order valence-electron chi connectivity index (χ3n) is 1.78. The molecule has 0 aliphatic carbocycles. The van der Waals surface area contributed by atoms with E-state index < -0.39 is 5.97 Å². The monoisotopic (exact) mass is 304 g/mol. The second-order valence-electron chi connectivity index (χ2n) is 2.99. The summed E-state index contributed by atoms with van der Waals surface area (Å²) in [5, 5.41) is 9.41. The zero-order valence-electron chi connectivity index (χ0n) is 9.87. The molecule has 0 aliphatic heterocycles. The number of halogens is 1. The summed E-state index contributed by atoms with van der Waals surface area (Å²) < 4.78 is 10.3. The van der Waals surface area contributed by atoms with Crippen molar-refractivity contribution < 1.29 is 19.4 Å². The van der Waals surface area contributed by atoms with Crippen LogP contribution in [0, 0.1) is 11.8 Å². The van der Waals surface area contributed by atoms with Gasteiger partial charge in [0.25, 0.3) is 0 Å². The molecule has 17 heavy (non-hydrogen) atoms. The first kappa shape index (κ1) is 16.2. The van der Waals surface area contributed by atoms with Gasteiger partial charge in [0.15, 0.2) is 0 Å². The van der Waals surface area contributed by atoms with Crippen LogP contribution in [0.5, 0.6) is 0 Å². The summed E-state index contributed by atoms with van der Waals surface area (Å²) in [4.78, 5) is 10.8. The van der Waals surface area contributed by atoms with Crippen molar-refractivity contribution >= 4 is 21.9 Å². The first-order chi connectivity index (χ1) is 8.22. The number of carboxylic acid groups (broad SMARTS) is 1. The smallest absolute Gasteiger partial charge is 0.332 e. The van der Waals surface area contributed by atoms with Gasteiger partial charge in [0, 0.05) is 18.6 Å². The number of rotatable bonds is 8. The normalized spacial score (nSPS) is 10.8. The van der Waals surface area contributed by atoms with Crippen LogP contribution in [0.25, 0.3) is 0 Å². The topological polar surface area (TPSA) is 55.8 Å². The molecule has 0 spiro atoms. The highest BCUT2D eigenvalue weighted by Crippen LogP contribution is 2.01. The molecule has 96 valence electrons. The third-order valence-corrected chi connectivity index (χ3v) is 2.06. The Kier molecular flexibility index (Phi) is 11.1. The Morgan fingerprint density at radius 2 is 2.06 bits per heavy atom. The molecule has 0 unspecified atom stereocenters. The number of hydrogen-bond donors (Lipinski definition) is 1. The molecule has 0 heterocycles. The third kappa shape index (κ3) is 10.1. The van der Waals surface area contributed by atoms with E-state index in [1.54, 1.807) is 0 Å². The lowest BCUT2D eigenvalue weighted by atomic mass is 10.2. The summed E-state index contributed by atoms with van der Waals surface area (Å²) in [6, 6.07) is 0. The number of carboxylic acids is 1. The van der Waals surface area contributed by atoms with Crippen molar-refractivity contribution in [1.29, 1.82) is 0 Å². The number of ether oxygens (including phenoxy) is 2. The Labute approximate surface area is 110 Å². The van der Waals surface area contributed by atoms with Crippen molar-refractivity contribution in [3.8, 4) is 11.8 Å². The van der Waals surface area contributed by atoms with Crippen LogP contribution in [-0.4, -0.2) is 42.8 Å². The summed E-state index contributed by atoms with van der Waals surface area (Å²) in [6.07, 6.45) is 1.76. The van der Waals surface area contributed by atoms with E-state index in [0.29, 0.717) is 38.2 Å². The lowest BCUT2D eigenvalue weighted by molar-refractivity contribution is -0.132. The second-order valence-corrected chi connectivity index (χ2v) is 3.55. The van der Waals surface area contributed by atoms with Gasteiger partial charge in [-0.15, -0.1) is 0 Å². The molecule has 0 aromatic heterocycles. The molecule has 5 heteroatoms. The molecule has 0 atom stereocenters. The Morgan fingerprint density at radius 1 is 1.35 bits per heavy atom.